The van der Waals surface area contributed by atoms with Crippen LogP contribution in [-0.2, 0) is 0 Å². The van der Waals surface area contributed by atoms with E-state index in [1.54, 1.807) is 59.5 Å². The van der Waals surface area contributed by atoms with Gasteiger partial charge in [0.15, 0.2) is 0 Å². The zero-order valence-corrected chi connectivity index (χ0v) is 17.4. The molecule has 0 N–H and O–H groups in total. The Labute approximate surface area is 159 Å². The highest BCUT2D eigenvalue weighted by atomic mass is 14.4. The molecule has 25 heavy (non-hydrogen) atoms. The summed E-state index contributed by atoms with van der Waals surface area (Å²) >= 11 is 0. The number of hydrogen-bond donors (Lipinski definition) is 0. The van der Waals surface area contributed by atoms with Crippen LogP contribution in [-0.4, -0.2) is 14.6 Å². The van der Waals surface area contributed by atoms with Gasteiger partial charge in [-0.2, -0.15) is 0 Å². The molecule has 4 fully saturated rings. The summed E-state index contributed by atoms with van der Waals surface area (Å²) in [7, 11) is 3.15. The third-order valence-corrected chi connectivity index (χ3v) is 9.47. The first kappa shape index (κ1) is 18.5. The van der Waals surface area contributed by atoms with Crippen molar-refractivity contribution in [3.05, 3.63) is 0 Å². The Morgan fingerprint density at radius 2 is 0.880 bits per heavy atom. The lowest BCUT2D eigenvalue weighted by Gasteiger charge is -2.46. The molecule has 0 spiro atoms. The Bertz CT molecular complexity index is 435. The third kappa shape index (κ3) is 4.03. The van der Waals surface area contributed by atoms with Crippen molar-refractivity contribution >= 4 is 14.6 Å². The highest BCUT2D eigenvalue weighted by Gasteiger charge is 2.46. The lowest BCUT2D eigenvalue weighted by molar-refractivity contribution is 0.323. The van der Waals surface area contributed by atoms with Crippen LogP contribution >= 0.6 is 0 Å². The molecule has 0 radical (unpaired) electrons. The standard InChI is InChI=1S/C23H42B2/c1-20-10-3-5-14-22(24-20,16-7-12-20)18-9-19-23-15-6-4-11-21(2,25-23)13-8-17-23/h24-25H,3-19H2,1-2H3. The molecule has 4 aliphatic rings. The van der Waals surface area contributed by atoms with Crippen LogP contribution in [0, 0.1) is 0 Å². The average molecular weight is 340 g/mol. The van der Waals surface area contributed by atoms with Crippen LogP contribution in [0.25, 0.3) is 0 Å². The maximum absolute atomic E-state index is 2.63. The second-order valence-electron chi connectivity index (χ2n) is 11.9. The molecule has 4 unspecified atom stereocenters. The fraction of sp³-hybridized carbons (Fsp3) is 1.00. The third-order valence-electron chi connectivity index (χ3n) is 9.47. The van der Waals surface area contributed by atoms with Gasteiger partial charge in [0.25, 0.3) is 0 Å². The molecule has 0 aromatic rings. The normalized spacial score (nSPS) is 47.1. The van der Waals surface area contributed by atoms with Gasteiger partial charge in [0, 0.05) is 0 Å². The molecule has 0 aromatic heterocycles. The molecule has 0 amide bonds. The SMILES string of the molecule is CC12BC(CCCC34BC(C)(CCCC3)CCC4)(CCCC1)CCC2. The van der Waals surface area contributed by atoms with Gasteiger partial charge < -0.3 is 0 Å². The molecule has 2 heteroatoms. The van der Waals surface area contributed by atoms with Gasteiger partial charge >= 0.3 is 0 Å². The maximum Gasteiger partial charge on any atom is 0.135 e. The van der Waals surface area contributed by atoms with Crippen molar-refractivity contribution < 1.29 is 0 Å². The summed E-state index contributed by atoms with van der Waals surface area (Å²) in [4.78, 5) is 0. The zero-order valence-electron chi connectivity index (χ0n) is 17.4. The van der Waals surface area contributed by atoms with Gasteiger partial charge in [0.2, 0.25) is 0 Å². The molecule has 4 atom stereocenters. The van der Waals surface area contributed by atoms with Gasteiger partial charge in [-0.05, 0) is 0 Å². The molecule has 4 bridgehead atoms. The molecule has 0 aliphatic carbocycles. The molecule has 0 nitrogen and oxygen atoms in total. The molecule has 4 heterocycles. The Balaban J connectivity index is 1.39. The summed E-state index contributed by atoms with van der Waals surface area (Å²) in [5.41, 5.74) is 0. The summed E-state index contributed by atoms with van der Waals surface area (Å²) < 4.78 is 0. The van der Waals surface area contributed by atoms with E-state index in [0.717, 1.165) is 10.6 Å². The molecule has 4 saturated heterocycles. The van der Waals surface area contributed by atoms with Gasteiger partial charge in [-0.15, -0.1) is 0 Å². The molecule has 4 rings (SSSR count). The van der Waals surface area contributed by atoms with Crippen molar-refractivity contribution in [3.8, 4) is 0 Å². The number of fused-ring (bicyclic) bond motifs is 4. The second-order valence-corrected chi connectivity index (χ2v) is 11.9. The molecular weight excluding hydrogens is 298 g/mol. The van der Waals surface area contributed by atoms with E-state index in [1.165, 1.54) is 64.2 Å². The number of hydrogen-bond acceptors (Lipinski definition) is 0. The molecule has 0 aromatic carbocycles. The lowest BCUT2D eigenvalue weighted by Crippen LogP contribution is -2.35. The maximum atomic E-state index is 2.63. The predicted molar refractivity (Wildman–Crippen MR) is 115 cm³/mol. The van der Waals surface area contributed by atoms with Crippen LogP contribution in [0.2, 0.25) is 21.3 Å². The highest BCUT2D eigenvalue weighted by molar-refractivity contribution is 6.45. The van der Waals surface area contributed by atoms with Crippen molar-refractivity contribution in [3.63, 3.8) is 0 Å². The minimum Gasteiger partial charge on any atom is -0.0665 e. The van der Waals surface area contributed by atoms with E-state index in [0.29, 0.717) is 10.6 Å². The fourth-order valence-corrected chi connectivity index (χ4v) is 8.42. The van der Waals surface area contributed by atoms with Crippen LogP contribution in [0.4, 0.5) is 0 Å². The van der Waals surface area contributed by atoms with E-state index in [2.05, 4.69) is 13.8 Å². The fourth-order valence-electron chi connectivity index (χ4n) is 8.42. The Hall–Kier alpha value is 0.130. The summed E-state index contributed by atoms with van der Waals surface area (Å²) in [6.45, 7) is 5.26. The summed E-state index contributed by atoms with van der Waals surface area (Å²) in [6.07, 6.45) is 26.2. The van der Waals surface area contributed by atoms with Crippen molar-refractivity contribution in [1.82, 2.24) is 0 Å². The second kappa shape index (κ2) is 6.94. The van der Waals surface area contributed by atoms with Crippen LogP contribution in [0.5, 0.6) is 0 Å². The Kier molecular flexibility index (Phi) is 5.13. The van der Waals surface area contributed by atoms with E-state index in [-0.39, 0.29) is 0 Å². The molecule has 0 saturated carbocycles. The molecule has 4 aliphatic heterocycles. The summed E-state index contributed by atoms with van der Waals surface area (Å²) in [5, 5.41) is 2.92. The minimum absolute atomic E-state index is 0.707. The van der Waals surface area contributed by atoms with E-state index >= 15 is 0 Å². The van der Waals surface area contributed by atoms with Gasteiger partial charge in [-0.25, -0.2) is 0 Å². The Morgan fingerprint density at radius 1 is 0.520 bits per heavy atom. The predicted octanol–water partition coefficient (Wildman–Crippen LogP) is 7.22. The van der Waals surface area contributed by atoms with Gasteiger partial charge in [-0.1, -0.05) is 144 Å². The smallest absolute Gasteiger partial charge is 0.0665 e. The van der Waals surface area contributed by atoms with Gasteiger partial charge in [0.1, 0.15) is 14.6 Å². The first-order chi connectivity index (χ1) is 11.9. The largest absolute Gasteiger partial charge is 0.135 e. The minimum atomic E-state index is 0.707. The van der Waals surface area contributed by atoms with Crippen LogP contribution in [0.3, 0.4) is 0 Å². The quantitative estimate of drug-likeness (QED) is 0.474. The van der Waals surface area contributed by atoms with Crippen molar-refractivity contribution in [2.45, 2.75) is 144 Å². The first-order valence-electron chi connectivity index (χ1n) is 11.9. The monoisotopic (exact) mass is 340 g/mol. The molecular formula is C23H42B2. The zero-order chi connectivity index (χ0) is 17.4. The van der Waals surface area contributed by atoms with Crippen LogP contribution in [0.15, 0.2) is 0 Å². The van der Waals surface area contributed by atoms with Crippen molar-refractivity contribution in [2.75, 3.05) is 0 Å². The molecule has 140 valence electrons. The highest BCUT2D eigenvalue weighted by Crippen LogP contribution is 2.61. The summed E-state index contributed by atoms with van der Waals surface area (Å²) in [6, 6.07) is 0. The summed E-state index contributed by atoms with van der Waals surface area (Å²) in [5.74, 6) is 0. The van der Waals surface area contributed by atoms with Crippen molar-refractivity contribution in [1.29, 1.82) is 0 Å². The van der Waals surface area contributed by atoms with E-state index in [4.69, 9.17) is 0 Å². The van der Waals surface area contributed by atoms with Gasteiger partial charge in [-0.3, -0.25) is 0 Å². The topological polar surface area (TPSA) is 0 Å². The van der Waals surface area contributed by atoms with E-state index < -0.39 is 0 Å². The Morgan fingerprint density at radius 3 is 1.36 bits per heavy atom. The van der Waals surface area contributed by atoms with Crippen LogP contribution < -0.4 is 0 Å². The van der Waals surface area contributed by atoms with Crippen LogP contribution in [0.1, 0.15) is 123 Å². The first-order valence-corrected chi connectivity index (χ1v) is 11.9. The van der Waals surface area contributed by atoms with E-state index in [9.17, 15) is 0 Å². The van der Waals surface area contributed by atoms with E-state index in [1.807, 2.05) is 0 Å². The number of rotatable bonds is 4. The average Bonchev–Trinajstić information content (AvgIpc) is 2.74. The van der Waals surface area contributed by atoms with Crippen molar-refractivity contribution in [2.24, 2.45) is 0 Å². The lowest BCUT2D eigenvalue weighted by atomic mass is 9.31. The van der Waals surface area contributed by atoms with Gasteiger partial charge in [0.05, 0.1) is 0 Å².